The fraction of sp³-hybridized carbons (Fsp3) is 0.455. The molecule has 3 nitrogen and oxygen atoms in total. The van der Waals surface area contributed by atoms with Crippen molar-refractivity contribution in [1.82, 2.24) is 14.8 Å². The molecule has 0 radical (unpaired) electrons. The average molecular weight is 189 g/mol. The molecular weight excluding hydrogens is 174 g/mol. The lowest BCUT2D eigenvalue weighted by Crippen LogP contribution is -1.93. The summed E-state index contributed by atoms with van der Waals surface area (Å²) < 4.78 is 1.81. The third-order valence-electron chi connectivity index (χ3n) is 2.39. The fourth-order valence-corrected chi connectivity index (χ4v) is 1.60. The van der Waals surface area contributed by atoms with E-state index in [9.17, 15) is 0 Å². The minimum Gasteiger partial charge on any atom is -0.273 e. The van der Waals surface area contributed by atoms with Crippen molar-refractivity contribution in [3.05, 3.63) is 23.5 Å². The Morgan fingerprint density at radius 2 is 2.07 bits per heavy atom. The SMILES string of the molecule is Cc1cc(C(C)C)nc2cn(C)nc12. The second-order valence-electron chi connectivity index (χ2n) is 4.06. The van der Waals surface area contributed by atoms with Crippen LogP contribution in [0.2, 0.25) is 0 Å². The molecule has 0 saturated carbocycles. The minimum atomic E-state index is 0.471. The third kappa shape index (κ3) is 1.39. The lowest BCUT2D eigenvalue weighted by molar-refractivity contribution is 0.778. The molecule has 74 valence electrons. The Balaban J connectivity index is 2.71. The Morgan fingerprint density at radius 3 is 2.71 bits per heavy atom. The summed E-state index contributed by atoms with van der Waals surface area (Å²) in [5.74, 6) is 0.471. The van der Waals surface area contributed by atoms with Gasteiger partial charge in [-0.25, -0.2) is 4.98 Å². The summed E-state index contributed by atoms with van der Waals surface area (Å²) in [5, 5.41) is 4.37. The molecule has 2 aromatic rings. The zero-order chi connectivity index (χ0) is 10.3. The second kappa shape index (κ2) is 3.08. The third-order valence-corrected chi connectivity index (χ3v) is 2.39. The zero-order valence-electron chi connectivity index (χ0n) is 9.07. The van der Waals surface area contributed by atoms with Crippen LogP contribution < -0.4 is 0 Å². The number of nitrogens with zero attached hydrogens (tertiary/aromatic N) is 3. The van der Waals surface area contributed by atoms with Crippen molar-refractivity contribution in [3.8, 4) is 0 Å². The van der Waals surface area contributed by atoms with Crippen molar-refractivity contribution < 1.29 is 0 Å². The zero-order valence-corrected chi connectivity index (χ0v) is 9.07. The van der Waals surface area contributed by atoms with Crippen LogP contribution in [0.25, 0.3) is 11.0 Å². The van der Waals surface area contributed by atoms with Gasteiger partial charge in [-0.2, -0.15) is 5.10 Å². The van der Waals surface area contributed by atoms with Gasteiger partial charge in [0.1, 0.15) is 11.0 Å². The van der Waals surface area contributed by atoms with E-state index < -0.39 is 0 Å². The van der Waals surface area contributed by atoms with Crippen LogP contribution in [0.5, 0.6) is 0 Å². The van der Waals surface area contributed by atoms with Crippen molar-refractivity contribution in [3.63, 3.8) is 0 Å². The predicted octanol–water partition coefficient (Wildman–Crippen LogP) is 2.40. The smallest absolute Gasteiger partial charge is 0.114 e. The molecule has 0 aliphatic heterocycles. The van der Waals surface area contributed by atoms with Gasteiger partial charge in [0.25, 0.3) is 0 Å². The van der Waals surface area contributed by atoms with E-state index in [1.165, 1.54) is 5.56 Å². The van der Waals surface area contributed by atoms with Gasteiger partial charge in [0.2, 0.25) is 0 Å². The van der Waals surface area contributed by atoms with Crippen LogP contribution in [-0.4, -0.2) is 14.8 Å². The number of aromatic nitrogens is 3. The molecule has 0 spiro atoms. The fourth-order valence-electron chi connectivity index (χ4n) is 1.60. The highest BCUT2D eigenvalue weighted by molar-refractivity contribution is 5.77. The summed E-state index contributed by atoms with van der Waals surface area (Å²) in [6.45, 7) is 6.40. The summed E-state index contributed by atoms with van der Waals surface area (Å²) in [7, 11) is 1.93. The maximum Gasteiger partial charge on any atom is 0.114 e. The largest absolute Gasteiger partial charge is 0.273 e. The van der Waals surface area contributed by atoms with Gasteiger partial charge < -0.3 is 0 Å². The van der Waals surface area contributed by atoms with Crippen molar-refractivity contribution in [2.24, 2.45) is 7.05 Å². The number of rotatable bonds is 1. The van der Waals surface area contributed by atoms with Crippen LogP contribution in [-0.2, 0) is 7.05 Å². The molecule has 2 aromatic heterocycles. The van der Waals surface area contributed by atoms with Crippen molar-refractivity contribution in [1.29, 1.82) is 0 Å². The Hall–Kier alpha value is -1.38. The Morgan fingerprint density at radius 1 is 1.36 bits per heavy atom. The Kier molecular flexibility index (Phi) is 2.02. The molecule has 0 unspecified atom stereocenters. The molecule has 0 aliphatic rings. The molecule has 0 saturated heterocycles. The van der Waals surface area contributed by atoms with Gasteiger partial charge in [0.15, 0.2) is 0 Å². The number of hydrogen-bond acceptors (Lipinski definition) is 2. The van der Waals surface area contributed by atoms with Gasteiger partial charge in [0, 0.05) is 12.7 Å². The van der Waals surface area contributed by atoms with Gasteiger partial charge in [-0.3, -0.25) is 4.68 Å². The topological polar surface area (TPSA) is 30.7 Å². The molecule has 0 aromatic carbocycles. The van der Waals surface area contributed by atoms with Crippen molar-refractivity contribution in [2.45, 2.75) is 26.7 Å². The lowest BCUT2D eigenvalue weighted by Gasteiger charge is -2.04. The summed E-state index contributed by atoms with van der Waals surface area (Å²) in [4.78, 5) is 4.57. The van der Waals surface area contributed by atoms with E-state index in [1.807, 2.05) is 17.9 Å². The molecule has 0 aliphatic carbocycles. The number of pyridine rings is 1. The molecular formula is C11H15N3. The Bertz CT molecular complexity index is 469. The van der Waals surface area contributed by atoms with E-state index in [0.717, 1.165) is 16.7 Å². The van der Waals surface area contributed by atoms with Crippen LogP contribution in [0, 0.1) is 6.92 Å². The van der Waals surface area contributed by atoms with Crippen LogP contribution in [0.3, 0.4) is 0 Å². The quantitative estimate of drug-likeness (QED) is 0.689. The van der Waals surface area contributed by atoms with E-state index in [4.69, 9.17) is 0 Å². The number of fused-ring (bicyclic) bond motifs is 1. The summed E-state index contributed by atoms with van der Waals surface area (Å²) >= 11 is 0. The molecule has 0 atom stereocenters. The van der Waals surface area contributed by atoms with Gasteiger partial charge in [0.05, 0.1) is 6.20 Å². The highest BCUT2D eigenvalue weighted by atomic mass is 15.3. The van der Waals surface area contributed by atoms with E-state index in [1.54, 1.807) is 0 Å². The maximum atomic E-state index is 4.57. The monoisotopic (exact) mass is 189 g/mol. The predicted molar refractivity (Wildman–Crippen MR) is 57.3 cm³/mol. The standard InChI is InChI=1S/C11H15N3/c1-7(2)9-5-8(3)11-10(12-9)6-14(4)13-11/h5-7H,1-4H3. The van der Waals surface area contributed by atoms with Gasteiger partial charge >= 0.3 is 0 Å². The number of hydrogen-bond donors (Lipinski definition) is 0. The maximum absolute atomic E-state index is 4.57. The van der Waals surface area contributed by atoms with E-state index in [0.29, 0.717) is 5.92 Å². The van der Waals surface area contributed by atoms with E-state index >= 15 is 0 Å². The number of aryl methyl sites for hydroxylation is 2. The minimum absolute atomic E-state index is 0.471. The first kappa shape index (κ1) is 9.19. The average Bonchev–Trinajstić information content (AvgIpc) is 2.45. The van der Waals surface area contributed by atoms with Gasteiger partial charge in [-0.1, -0.05) is 13.8 Å². The molecule has 2 rings (SSSR count). The molecule has 14 heavy (non-hydrogen) atoms. The first-order valence-corrected chi connectivity index (χ1v) is 4.89. The van der Waals surface area contributed by atoms with Crippen LogP contribution in [0.1, 0.15) is 31.0 Å². The van der Waals surface area contributed by atoms with E-state index in [2.05, 4.69) is 36.9 Å². The molecule has 0 amide bonds. The highest BCUT2D eigenvalue weighted by Crippen LogP contribution is 2.20. The molecule has 0 fully saturated rings. The first-order valence-electron chi connectivity index (χ1n) is 4.89. The molecule has 3 heteroatoms. The van der Waals surface area contributed by atoms with Crippen LogP contribution in [0.15, 0.2) is 12.3 Å². The molecule has 0 bridgehead atoms. The highest BCUT2D eigenvalue weighted by Gasteiger charge is 2.08. The van der Waals surface area contributed by atoms with Crippen molar-refractivity contribution >= 4 is 11.0 Å². The summed E-state index contributed by atoms with van der Waals surface area (Å²) in [6, 6.07) is 2.12. The van der Waals surface area contributed by atoms with Crippen LogP contribution in [0.4, 0.5) is 0 Å². The normalized spacial score (nSPS) is 11.5. The first-order chi connectivity index (χ1) is 6.58. The van der Waals surface area contributed by atoms with Gasteiger partial charge in [-0.15, -0.1) is 0 Å². The molecule has 2 heterocycles. The van der Waals surface area contributed by atoms with Gasteiger partial charge in [-0.05, 0) is 24.5 Å². The molecule has 0 N–H and O–H groups in total. The van der Waals surface area contributed by atoms with Crippen molar-refractivity contribution in [2.75, 3.05) is 0 Å². The second-order valence-corrected chi connectivity index (χ2v) is 4.06. The summed E-state index contributed by atoms with van der Waals surface area (Å²) in [6.07, 6.45) is 1.97. The van der Waals surface area contributed by atoms with Crippen LogP contribution >= 0.6 is 0 Å². The summed E-state index contributed by atoms with van der Waals surface area (Å²) in [5.41, 5.74) is 4.36. The van der Waals surface area contributed by atoms with E-state index in [-0.39, 0.29) is 0 Å². The lowest BCUT2D eigenvalue weighted by atomic mass is 10.1. The Labute approximate surface area is 83.8 Å².